The molecule has 1 aromatic carbocycles. The van der Waals surface area contributed by atoms with E-state index in [0.29, 0.717) is 12.5 Å². The zero-order valence-corrected chi connectivity index (χ0v) is 17.1. The average molecular weight is 386 g/mol. The standard InChI is InChI=1S/C22H31N3OS/c1-22(23,15-17-16-27-20-8-4-3-7-19(17)20)21(26)25-13-9-18(10-14-25)24-11-5-2-6-12-24/h3-4,7-8,16,18H,2,5-6,9-15,23H2,1H3. The van der Waals surface area contributed by atoms with Crippen molar-refractivity contribution in [2.24, 2.45) is 5.73 Å². The van der Waals surface area contributed by atoms with E-state index < -0.39 is 5.54 Å². The Labute approximate surface area is 166 Å². The molecule has 2 aromatic rings. The fourth-order valence-electron chi connectivity index (χ4n) is 4.72. The van der Waals surface area contributed by atoms with Crippen LogP contribution in [0.2, 0.25) is 0 Å². The van der Waals surface area contributed by atoms with Gasteiger partial charge in [0.15, 0.2) is 0 Å². The summed E-state index contributed by atoms with van der Waals surface area (Å²) in [7, 11) is 0. The van der Waals surface area contributed by atoms with Gasteiger partial charge in [0.05, 0.1) is 5.54 Å². The van der Waals surface area contributed by atoms with Crippen molar-refractivity contribution < 1.29 is 4.79 Å². The van der Waals surface area contributed by atoms with Gasteiger partial charge < -0.3 is 15.5 Å². The Balaban J connectivity index is 1.38. The molecule has 1 unspecified atom stereocenters. The third kappa shape index (κ3) is 4.05. The van der Waals surface area contributed by atoms with E-state index in [1.807, 2.05) is 11.8 Å². The summed E-state index contributed by atoms with van der Waals surface area (Å²) in [5.74, 6) is 0.106. The number of carbonyl (C=O) groups is 1. The number of hydrogen-bond acceptors (Lipinski definition) is 4. The summed E-state index contributed by atoms with van der Waals surface area (Å²) in [6, 6.07) is 9.02. The highest BCUT2D eigenvalue weighted by molar-refractivity contribution is 7.17. The first-order valence-corrected chi connectivity index (χ1v) is 11.2. The first-order valence-electron chi connectivity index (χ1n) is 10.3. The van der Waals surface area contributed by atoms with Gasteiger partial charge in [0, 0.05) is 30.3 Å². The number of rotatable bonds is 4. The molecule has 1 aromatic heterocycles. The molecule has 2 fully saturated rings. The molecule has 27 heavy (non-hydrogen) atoms. The van der Waals surface area contributed by atoms with Crippen molar-refractivity contribution in [3.63, 3.8) is 0 Å². The molecular weight excluding hydrogens is 354 g/mol. The van der Waals surface area contributed by atoms with Crippen LogP contribution in [0.4, 0.5) is 0 Å². The number of thiophene rings is 1. The molecule has 0 spiro atoms. The fourth-order valence-corrected chi connectivity index (χ4v) is 5.68. The molecule has 0 bridgehead atoms. The first-order chi connectivity index (χ1) is 13.0. The van der Waals surface area contributed by atoms with Crippen LogP contribution in [0, 0.1) is 0 Å². The second-order valence-corrected chi connectivity index (χ2v) is 9.38. The van der Waals surface area contributed by atoms with Crippen LogP contribution < -0.4 is 5.73 Å². The second kappa shape index (κ2) is 7.90. The van der Waals surface area contributed by atoms with E-state index in [4.69, 9.17) is 5.73 Å². The monoisotopic (exact) mass is 385 g/mol. The van der Waals surface area contributed by atoms with Gasteiger partial charge in [0.2, 0.25) is 5.91 Å². The Bertz CT molecular complexity index is 786. The Morgan fingerprint density at radius 2 is 1.85 bits per heavy atom. The molecule has 2 aliphatic heterocycles. The van der Waals surface area contributed by atoms with Crippen LogP contribution in [0.3, 0.4) is 0 Å². The maximum Gasteiger partial charge on any atom is 0.242 e. The predicted molar refractivity (Wildman–Crippen MR) is 113 cm³/mol. The Morgan fingerprint density at radius 1 is 1.15 bits per heavy atom. The van der Waals surface area contributed by atoms with Gasteiger partial charge in [0.25, 0.3) is 0 Å². The SMILES string of the molecule is CC(N)(Cc1csc2ccccc12)C(=O)N1CCC(N2CCCCC2)CC1. The summed E-state index contributed by atoms with van der Waals surface area (Å²) in [6.45, 7) is 6.06. The second-order valence-electron chi connectivity index (χ2n) is 8.47. The van der Waals surface area contributed by atoms with Crippen LogP contribution in [0.5, 0.6) is 0 Å². The van der Waals surface area contributed by atoms with Crippen molar-refractivity contribution in [3.8, 4) is 0 Å². The Kier molecular flexibility index (Phi) is 5.53. The molecule has 1 amide bonds. The molecule has 4 rings (SSSR count). The van der Waals surface area contributed by atoms with Crippen molar-refractivity contribution in [1.82, 2.24) is 9.80 Å². The molecule has 0 aliphatic carbocycles. The number of piperidine rings is 2. The van der Waals surface area contributed by atoms with Crippen LogP contribution in [0.25, 0.3) is 10.1 Å². The summed E-state index contributed by atoms with van der Waals surface area (Å²) in [6.07, 6.45) is 6.80. The lowest BCUT2D eigenvalue weighted by molar-refractivity contribution is -0.138. The average Bonchev–Trinajstić information content (AvgIpc) is 3.10. The summed E-state index contributed by atoms with van der Waals surface area (Å²) in [5.41, 5.74) is 6.90. The summed E-state index contributed by atoms with van der Waals surface area (Å²) in [4.78, 5) is 17.8. The maximum absolute atomic E-state index is 13.2. The minimum absolute atomic E-state index is 0.106. The highest BCUT2D eigenvalue weighted by Gasteiger charge is 2.36. The minimum atomic E-state index is -0.845. The first kappa shape index (κ1) is 18.9. The van der Waals surface area contributed by atoms with Crippen LogP contribution in [-0.4, -0.2) is 53.5 Å². The van der Waals surface area contributed by atoms with E-state index in [1.54, 1.807) is 11.3 Å². The van der Waals surface area contributed by atoms with E-state index in [2.05, 4.69) is 34.5 Å². The number of amides is 1. The maximum atomic E-state index is 13.2. The smallest absolute Gasteiger partial charge is 0.242 e. The fraction of sp³-hybridized carbons (Fsp3) is 0.591. The van der Waals surface area contributed by atoms with Gasteiger partial charge in [-0.15, -0.1) is 11.3 Å². The van der Waals surface area contributed by atoms with Crippen molar-refractivity contribution in [3.05, 3.63) is 35.2 Å². The van der Waals surface area contributed by atoms with Crippen molar-refractivity contribution in [1.29, 1.82) is 0 Å². The molecule has 0 radical (unpaired) electrons. The minimum Gasteiger partial charge on any atom is -0.341 e. The van der Waals surface area contributed by atoms with Gasteiger partial charge in [-0.2, -0.15) is 0 Å². The van der Waals surface area contributed by atoms with Crippen molar-refractivity contribution in [2.75, 3.05) is 26.2 Å². The highest BCUT2D eigenvalue weighted by atomic mass is 32.1. The van der Waals surface area contributed by atoms with Crippen molar-refractivity contribution >= 4 is 27.3 Å². The van der Waals surface area contributed by atoms with Gasteiger partial charge in [0.1, 0.15) is 0 Å². The molecule has 2 N–H and O–H groups in total. The number of likely N-dealkylation sites (tertiary alicyclic amines) is 2. The van der Waals surface area contributed by atoms with Crippen LogP contribution in [0.1, 0.15) is 44.6 Å². The molecule has 2 saturated heterocycles. The highest BCUT2D eigenvalue weighted by Crippen LogP contribution is 2.29. The Morgan fingerprint density at radius 3 is 2.59 bits per heavy atom. The van der Waals surface area contributed by atoms with Gasteiger partial charge in [-0.25, -0.2) is 0 Å². The van der Waals surface area contributed by atoms with Crippen LogP contribution >= 0.6 is 11.3 Å². The lowest BCUT2D eigenvalue weighted by Crippen LogP contribution is -2.57. The largest absolute Gasteiger partial charge is 0.341 e. The van der Waals surface area contributed by atoms with Gasteiger partial charge in [-0.3, -0.25) is 4.79 Å². The van der Waals surface area contributed by atoms with Crippen LogP contribution in [0.15, 0.2) is 29.6 Å². The molecule has 146 valence electrons. The number of benzene rings is 1. The third-order valence-electron chi connectivity index (χ3n) is 6.27. The quantitative estimate of drug-likeness (QED) is 0.874. The topological polar surface area (TPSA) is 49.6 Å². The number of hydrogen-bond donors (Lipinski definition) is 1. The third-order valence-corrected chi connectivity index (χ3v) is 7.28. The predicted octanol–water partition coefficient (Wildman–Crippen LogP) is 3.64. The molecule has 0 saturated carbocycles. The zero-order chi connectivity index (χ0) is 18.9. The molecular formula is C22H31N3OS. The lowest BCUT2D eigenvalue weighted by atomic mass is 9.90. The number of carbonyl (C=O) groups excluding carboxylic acids is 1. The molecule has 2 aliphatic rings. The Hall–Kier alpha value is -1.43. The number of fused-ring (bicyclic) bond motifs is 1. The van der Waals surface area contributed by atoms with E-state index in [0.717, 1.165) is 25.9 Å². The van der Waals surface area contributed by atoms with Crippen molar-refractivity contribution in [2.45, 2.75) is 57.0 Å². The molecule has 1 atom stereocenters. The molecule has 4 nitrogen and oxygen atoms in total. The summed E-state index contributed by atoms with van der Waals surface area (Å²) >= 11 is 1.73. The van der Waals surface area contributed by atoms with E-state index in [1.165, 1.54) is 48.0 Å². The van der Waals surface area contributed by atoms with Gasteiger partial charge in [-0.05, 0) is 68.1 Å². The molecule has 5 heteroatoms. The normalized spacial score (nSPS) is 22.1. The van der Waals surface area contributed by atoms with Crippen LogP contribution in [-0.2, 0) is 11.2 Å². The van der Waals surface area contributed by atoms with Gasteiger partial charge >= 0.3 is 0 Å². The number of nitrogens with two attached hydrogens (primary N) is 1. The number of nitrogens with zero attached hydrogens (tertiary/aromatic N) is 2. The zero-order valence-electron chi connectivity index (χ0n) is 16.3. The van der Waals surface area contributed by atoms with E-state index in [-0.39, 0.29) is 5.91 Å². The molecule has 3 heterocycles. The van der Waals surface area contributed by atoms with Gasteiger partial charge in [-0.1, -0.05) is 24.6 Å². The summed E-state index contributed by atoms with van der Waals surface area (Å²) < 4.78 is 1.26. The summed E-state index contributed by atoms with van der Waals surface area (Å²) in [5, 5.41) is 3.39. The lowest BCUT2D eigenvalue weighted by Gasteiger charge is -2.42. The van der Waals surface area contributed by atoms with E-state index >= 15 is 0 Å². The van der Waals surface area contributed by atoms with E-state index in [9.17, 15) is 4.79 Å².